The second kappa shape index (κ2) is 4.89. The van der Waals surface area contributed by atoms with Crippen LogP contribution in [0, 0.1) is 11.6 Å². The number of halogens is 2. The molecule has 0 radical (unpaired) electrons. The Bertz CT molecular complexity index is 340. The fourth-order valence-corrected chi connectivity index (χ4v) is 1.23. The summed E-state index contributed by atoms with van der Waals surface area (Å²) in [5.74, 6) is -1.25. The molecular formula is C12H17F2NO. The van der Waals surface area contributed by atoms with Crippen molar-refractivity contribution in [3.8, 4) is 0 Å². The van der Waals surface area contributed by atoms with E-state index in [1.54, 1.807) is 0 Å². The average molecular weight is 229 g/mol. The molecule has 0 aliphatic carbocycles. The molecule has 0 aliphatic rings. The number of rotatable bonds is 3. The van der Waals surface area contributed by atoms with Gasteiger partial charge in [-0.05, 0) is 38.5 Å². The summed E-state index contributed by atoms with van der Waals surface area (Å²) in [5.41, 5.74) is 5.87. The van der Waals surface area contributed by atoms with Gasteiger partial charge in [0.2, 0.25) is 0 Å². The van der Waals surface area contributed by atoms with Crippen LogP contribution in [0.2, 0.25) is 0 Å². The van der Waals surface area contributed by atoms with Crippen molar-refractivity contribution in [2.24, 2.45) is 5.73 Å². The third-order valence-electron chi connectivity index (χ3n) is 2.01. The van der Waals surface area contributed by atoms with Gasteiger partial charge in [0.25, 0.3) is 0 Å². The van der Waals surface area contributed by atoms with Crippen LogP contribution in [0.25, 0.3) is 0 Å². The Labute approximate surface area is 94.4 Å². The highest BCUT2D eigenvalue weighted by Gasteiger charge is 2.15. The number of hydrogen-bond donors (Lipinski definition) is 1. The summed E-state index contributed by atoms with van der Waals surface area (Å²) in [6, 6.07) is 2.74. The first-order valence-corrected chi connectivity index (χ1v) is 5.13. The van der Waals surface area contributed by atoms with Crippen molar-refractivity contribution < 1.29 is 13.5 Å². The molecule has 1 aromatic rings. The van der Waals surface area contributed by atoms with Gasteiger partial charge in [-0.1, -0.05) is 0 Å². The molecule has 0 saturated heterocycles. The van der Waals surface area contributed by atoms with Crippen LogP contribution >= 0.6 is 0 Å². The minimum atomic E-state index is -0.624. The lowest BCUT2D eigenvalue weighted by molar-refractivity contribution is -0.0102. The Kier molecular flexibility index (Phi) is 3.99. The maximum Gasteiger partial charge on any atom is 0.126 e. The van der Waals surface area contributed by atoms with E-state index < -0.39 is 17.7 Å². The van der Waals surface area contributed by atoms with E-state index in [1.807, 2.05) is 20.8 Å². The number of nitrogens with two attached hydrogens (primary N) is 1. The summed E-state index contributed by atoms with van der Waals surface area (Å²) >= 11 is 0. The van der Waals surface area contributed by atoms with Crippen molar-refractivity contribution in [3.05, 3.63) is 35.4 Å². The second-order valence-corrected chi connectivity index (χ2v) is 4.73. The quantitative estimate of drug-likeness (QED) is 0.865. The van der Waals surface area contributed by atoms with Crippen LogP contribution in [0.15, 0.2) is 18.2 Å². The van der Waals surface area contributed by atoms with Crippen molar-refractivity contribution in [2.75, 3.05) is 6.61 Å². The molecule has 0 aromatic heterocycles. The molecule has 16 heavy (non-hydrogen) atoms. The molecule has 1 atom stereocenters. The molecule has 1 unspecified atom stereocenters. The fourth-order valence-electron chi connectivity index (χ4n) is 1.23. The minimum Gasteiger partial charge on any atom is -0.374 e. The summed E-state index contributed by atoms with van der Waals surface area (Å²) < 4.78 is 31.3. The molecule has 2 N–H and O–H groups in total. The van der Waals surface area contributed by atoms with Gasteiger partial charge < -0.3 is 10.5 Å². The Morgan fingerprint density at radius 1 is 1.19 bits per heavy atom. The van der Waals surface area contributed by atoms with Crippen molar-refractivity contribution >= 4 is 0 Å². The molecule has 0 heterocycles. The molecule has 1 rings (SSSR count). The Hall–Kier alpha value is -1.00. The summed E-state index contributed by atoms with van der Waals surface area (Å²) in [7, 11) is 0. The van der Waals surface area contributed by atoms with E-state index in [1.165, 1.54) is 12.1 Å². The van der Waals surface area contributed by atoms with Gasteiger partial charge in [-0.2, -0.15) is 0 Å². The number of ether oxygens (including phenoxy) is 1. The van der Waals surface area contributed by atoms with E-state index in [0.717, 1.165) is 6.07 Å². The van der Waals surface area contributed by atoms with E-state index in [-0.39, 0.29) is 12.2 Å². The van der Waals surface area contributed by atoms with Crippen LogP contribution in [0.5, 0.6) is 0 Å². The lowest BCUT2D eigenvalue weighted by Crippen LogP contribution is -2.26. The van der Waals surface area contributed by atoms with Crippen LogP contribution in [0.4, 0.5) is 8.78 Å². The van der Waals surface area contributed by atoms with Crippen molar-refractivity contribution in [1.29, 1.82) is 0 Å². The standard InChI is InChI=1S/C12H17F2NO/c1-12(2,3)16-7-11(15)8-4-9(13)6-10(14)5-8/h4-6,11H,7,15H2,1-3H3. The monoisotopic (exact) mass is 229 g/mol. The summed E-state index contributed by atoms with van der Waals surface area (Å²) in [5, 5.41) is 0. The predicted octanol–water partition coefficient (Wildman–Crippen LogP) is 2.78. The third kappa shape index (κ3) is 4.24. The van der Waals surface area contributed by atoms with Gasteiger partial charge in [-0.25, -0.2) is 8.78 Å². The molecule has 0 spiro atoms. The lowest BCUT2D eigenvalue weighted by atomic mass is 10.1. The van der Waals surface area contributed by atoms with Gasteiger partial charge >= 0.3 is 0 Å². The maximum atomic E-state index is 12.9. The molecule has 0 aliphatic heterocycles. The van der Waals surface area contributed by atoms with Crippen LogP contribution in [0.3, 0.4) is 0 Å². The first-order chi connectivity index (χ1) is 7.28. The van der Waals surface area contributed by atoms with E-state index in [9.17, 15) is 8.78 Å². The first kappa shape index (κ1) is 13.1. The smallest absolute Gasteiger partial charge is 0.126 e. The van der Waals surface area contributed by atoms with Gasteiger partial charge in [0, 0.05) is 6.07 Å². The highest BCUT2D eigenvalue weighted by atomic mass is 19.1. The molecule has 0 amide bonds. The van der Waals surface area contributed by atoms with Crippen molar-refractivity contribution in [3.63, 3.8) is 0 Å². The maximum absolute atomic E-state index is 12.9. The SMILES string of the molecule is CC(C)(C)OCC(N)c1cc(F)cc(F)c1. The first-order valence-electron chi connectivity index (χ1n) is 5.13. The highest BCUT2D eigenvalue weighted by Crippen LogP contribution is 2.17. The molecule has 0 bridgehead atoms. The second-order valence-electron chi connectivity index (χ2n) is 4.73. The van der Waals surface area contributed by atoms with Crippen LogP contribution in [-0.4, -0.2) is 12.2 Å². The Balaban J connectivity index is 2.69. The molecule has 90 valence electrons. The number of hydrogen-bond acceptors (Lipinski definition) is 2. The molecule has 0 fully saturated rings. The molecule has 1 aromatic carbocycles. The van der Waals surface area contributed by atoms with Gasteiger partial charge in [-0.15, -0.1) is 0 Å². The zero-order valence-electron chi connectivity index (χ0n) is 9.76. The van der Waals surface area contributed by atoms with E-state index >= 15 is 0 Å². The van der Waals surface area contributed by atoms with E-state index in [4.69, 9.17) is 10.5 Å². The Morgan fingerprint density at radius 2 is 1.69 bits per heavy atom. The van der Waals surface area contributed by atoms with Gasteiger partial charge in [0.15, 0.2) is 0 Å². The fraction of sp³-hybridized carbons (Fsp3) is 0.500. The summed E-state index contributed by atoms with van der Waals surface area (Å²) in [6.45, 7) is 5.91. The normalized spacial score (nSPS) is 13.9. The zero-order chi connectivity index (χ0) is 12.3. The molecular weight excluding hydrogens is 212 g/mol. The molecule has 4 heteroatoms. The molecule has 2 nitrogen and oxygen atoms in total. The number of benzene rings is 1. The third-order valence-corrected chi connectivity index (χ3v) is 2.01. The van der Waals surface area contributed by atoms with Crippen molar-refractivity contribution in [2.45, 2.75) is 32.4 Å². The van der Waals surface area contributed by atoms with Crippen LogP contribution in [-0.2, 0) is 4.74 Å². The van der Waals surface area contributed by atoms with Gasteiger partial charge in [-0.3, -0.25) is 0 Å². The highest BCUT2D eigenvalue weighted by molar-refractivity contribution is 5.21. The Morgan fingerprint density at radius 3 is 2.12 bits per heavy atom. The largest absolute Gasteiger partial charge is 0.374 e. The van der Waals surface area contributed by atoms with Crippen LogP contribution < -0.4 is 5.73 Å². The van der Waals surface area contributed by atoms with Crippen LogP contribution in [0.1, 0.15) is 32.4 Å². The molecule has 0 saturated carbocycles. The summed E-state index contributed by atoms with van der Waals surface area (Å²) in [6.07, 6.45) is 0. The average Bonchev–Trinajstić information content (AvgIpc) is 2.11. The van der Waals surface area contributed by atoms with E-state index in [2.05, 4.69) is 0 Å². The van der Waals surface area contributed by atoms with Gasteiger partial charge in [0.1, 0.15) is 11.6 Å². The summed E-state index contributed by atoms with van der Waals surface area (Å²) in [4.78, 5) is 0. The lowest BCUT2D eigenvalue weighted by Gasteiger charge is -2.22. The minimum absolute atomic E-state index is 0.229. The van der Waals surface area contributed by atoms with Gasteiger partial charge in [0.05, 0.1) is 18.2 Å². The van der Waals surface area contributed by atoms with E-state index in [0.29, 0.717) is 5.56 Å². The zero-order valence-corrected chi connectivity index (χ0v) is 9.76. The predicted molar refractivity (Wildman–Crippen MR) is 59.0 cm³/mol. The van der Waals surface area contributed by atoms with Crippen molar-refractivity contribution in [1.82, 2.24) is 0 Å². The topological polar surface area (TPSA) is 35.2 Å².